The number of para-hydroxylation sites is 1. The van der Waals surface area contributed by atoms with Crippen LogP contribution in [0.3, 0.4) is 0 Å². The van der Waals surface area contributed by atoms with Crippen LogP contribution in [0, 0.1) is 10.1 Å². The van der Waals surface area contributed by atoms with Crippen LogP contribution < -0.4 is 11.1 Å². The number of amides is 1. The molecule has 0 fully saturated rings. The van der Waals surface area contributed by atoms with Gasteiger partial charge in [0.05, 0.1) is 11.0 Å². The van der Waals surface area contributed by atoms with Crippen molar-refractivity contribution in [1.82, 2.24) is 0 Å². The second-order valence-electron chi connectivity index (χ2n) is 4.17. The Labute approximate surface area is 110 Å². The molecule has 0 saturated carbocycles. The molecule has 0 heterocycles. The summed E-state index contributed by atoms with van der Waals surface area (Å²) in [5.74, 6) is -0.900. The number of nitrogens with one attached hydrogen (secondary N) is 1. The van der Waals surface area contributed by atoms with E-state index >= 15 is 0 Å². The van der Waals surface area contributed by atoms with Gasteiger partial charge in [0.15, 0.2) is 5.69 Å². The zero-order chi connectivity index (χ0) is 14.4. The SMILES string of the molecule is CCCCC(N)C(=O)Nc1c(O)cccc1[N+](=O)[O-]. The molecule has 0 aromatic heterocycles. The molecular weight excluding hydrogens is 250 g/mol. The first-order valence-electron chi connectivity index (χ1n) is 6.00. The standard InChI is InChI=1S/C12H17N3O4/c1-2-3-5-8(13)12(17)14-11-9(15(18)19)6-4-7-10(11)16/h4,6-8,16H,2-3,5,13H2,1H3,(H,14,17). The van der Waals surface area contributed by atoms with Crippen molar-refractivity contribution in [2.45, 2.75) is 32.2 Å². The Balaban J connectivity index is 2.87. The molecule has 0 saturated heterocycles. The number of nitro benzene ring substituents is 1. The molecule has 1 rings (SSSR count). The van der Waals surface area contributed by atoms with E-state index in [1.165, 1.54) is 18.2 Å². The minimum Gasteiger partial charge on any atom is -0.505 e. The normalized spacial score (nSPS) is 11.9. The lowest BCUT2D eigenvalue weighted by Crippen LogP contribution is -2.35. The van der Waals surface area contributed by atoms with Crippen LogP contribution in [-0.4, -0.2) is 22.0 Å². The summed E-state index contributed by atoms with van der Waals surface area (Å²) in [6, 6.07) is 3.05. The molecular formula is C12H17N3O4. The molecule has 7 nitrogen and oxygen atoms in total. The molecule has 0 radical (unpaired) electrons. The summed E-state index contributed by atoms with van der Waals surface area (Å²) in [7, 11) is 0. The molecule has 19 heavy (non-hydrogen) atoms. The highest BCUT2D eigenvalue weighted by Gasteiger charge is 2.22. The Bertz CT molecular complexity index is 476. The lowest BCUT2D eigenvalue weighted by atomic mass is 10.1. The predicted molar refractivity (Wildman–Crippen MR) is 70.9 cm³/mol. The van der Waals surface area contributed by atoms with Crippen molar-refractivity contribution >= 4 is 17.3 Å². The number of benzene rings is 1. The van der Waals surface area contributed by atoms with Gasteiger partial charge in [0.1, 0.15) is 5.75 Å². The maximum atomic E-state index is 11.8. The zero-order valence-corrected chi connectivity index (χ0v) is 10.6. The summed E-state index contributed by atoms with van der Waals surface area (Å²) in [6.45, 7) is 1.97. The number of nitro groups is 1. The van der Waals surface area contributed by atoms with Gasteiger partial charge in [0, 0.05) is 6.07 Å². The van der Waals surface area contributed by atoms with Gasteiger partial charge in [-0.1, -0.05) is 25.8 Å². The number of hydrogen-bond donors (Lipinski definition) is 3. The van der Waals surface area contributed by atoms with Crippen molar-refractivity contribution in [1.29, 1.82) is 0 Å². The van der Waals surface area contributed by atoms with Crippen molar-refractivity contribution in [3.8, 4) is 5.75 Å². The summed E-state index contributed by atoms with van der Waals surface area (Å²) in [4.78, 5) is 21.9. The second kappa shape index (κ2) is 6.69. The largest absolute Gasteiger partial charge is 0.505 e. The highest BCUT2D eigenvalue weighted by Crippen LogP contribution is 2.33. The minimum atomic E-state index is -0.751. The lowest BCUT2D eigenvalue weighted by molar-refractivity contribution is -0.384. The van der Waals surface area contributed by atoms with Crippen LogP contribution in [0.5, 0.6) is 5.75 Å². The molecule has 7 heteroatoms. The molecule has 0 aliphatic rings. The van der Waals surface area contributed by atoms with Gasteiger partial charge in [-0.2, -0.15) is 0 Å². The van der Waals surface area contributed by atoms with E-state index in [-0.39, 0.29) is 17.1 Å². The molecule has 0 spiro atoms. The van der Waals surface area contributed by atoms with E-state index < -0.39 is 16.9 Å². The molecule has 1 aromatic rings. The number of phenolic OH excluding ortho intramolecular Hbond substituents is 1. The zero-order valence-electron chi connectivity index (χ0n) is 10.6. The molecule has 0 bridgehead atoms. The number of anilines is 1. The van der Waals surface area contributed by atoms with Crippen LogP contribution in [-0.2, 0) is 4.79 Å². The molecule has 4 N–H and O–H groups in total. The fourth-order valence-electron chi connectivity index (χ4n) is 1.58. The Morgan fingerprint density at radius 2 is 2.26 bits per heavy atom. The smallest absolute Gasteiger partial charge is 0.296 e. The minimum absolute atomic E-state index is 0.218. The number of aromatic hydroxyl groups is 1. The molecule has 0 aliphatic heterocycles. The van der Waals surface area contributed by atoms with Crippen LogP contribution in [0.2, 0.25) is 0 Å². The first kappa shape index (κ1) is 14.9. The number of unbranched alkanes of at least 4 members (excludes halogenated alkanes) is 1. The number of nitrogens with two attached hydrogens (primary N) is 1. The molecule has 1 amide bonds. The summed E-state index contributed by atoms with van der Waals surface area (Å²) < 4.78 is 0. The number of hydrogen-bond acceptors (Lipinski definition) is 5. The van der Waals surface area contributed by atoms with Crippen molar-refractivity contribution in [3.63, 3.8) is 0 Å². The first-order valence-corrected chi connectivity index (χ1v) is 6.00. The van der Waals surface area contributed by atoms with Crippen molar-refractivity contribution in [3.05, 3.63) is 28.3 Å². The number of carbonyl (C=O) groups excluding carboxylic acids is 1. The third-order valence-corrected chi connectivity index (χ3v) is 2.67. The number of nitrogens with zero attached hydrogens (tertiary/aromatic N) is 1. The van der Waals surface area contributed by atoms with Crippen LogP contribution in [0.4, 0.5) is 11.4 Å². The van der Waals surface area contributed by atoms with E-state index in [1.807, 2.05) is 6.92 Å². The second-order valence-corrected chi connectivity index (χ2v) is 4.17. The van der Waals surface area contributed by atoms with Gasteiger partial charge in [-0.25, -0.2) is 0 Å². The molecule has 1 atom stereocenters. The van der Waals surface area contributed by atoms with Crippen molar-refractivity contribution < 1.29 is 14.8 Å². The highest BCUT2D eigenvalue weighted by molar-refractivity contribution is 5.98. The van der Waals surface area contributed by atoms with E-state index in [0.29, 0.717) is 6.42 Å². The number of carbonyl (C=O) groups is 1. The van der Waals surface area contributed by atoms with Crippen LogP contribution in [0.15, 0.2) is 18.2 Å². The number of phenols is 1. The highest BCUT2D eigenvalue weighted by atomic mass is 16.6. The summed E-state index contributed by atoms with van der Waals surface area (Å²) >= 11 is 0. The summed E-state index contributed by atoms with van der Waals surface area (Å²) in [5, 5.41) is 22.7. The molecule has 104 valence electrons. The molecule has 1 unspecified atom stereocenters. The van der Waals surface area contributed by atoms with E-state index in [9.17, 15) is 20.0 Å². The maximum absolute atomic E-state index is 11.8. The van der Waals surface area contributed by atoms with Gasteiger partial charge in [-0.05, 0) is 12.5 Å². The van der Waals surface area contributed by atoms with Crippen LogP contribution in [0.1, 0.15) is 26.2 Å². The predicted octanol–water partition coefficient (Wildman–Crippen LogP) is 1.76. The monoisotopic (exact) mass is 267 g/mol. The third-order valence-electron chi connectivity index (χ3n) is 2.67. The van der Waals surface area contributed by atoms with E-state index in [1.54, 1.807) is 0 Å². The van der Waals surface area contributed by atoms with Crippen LogP contribution in [0.25, 0.3) is 0 Å². The van der Waals surface area contributed by atoms with Gasteiger partial charge in [-0.15, -0.1) is 0 Å². The van der Waals surface area contributed by atoms with Gasteiger partial charge in [0.25, 0.3) is 5.69 Å². The van der Waals surface area contributed by atoms with Gasteiger partial charge in [-0.3, -0.25) is 14.9 Å². The average molecular weight is 267 g/mol. The van der Waals surface area contributed by atoms with E-state index in [0.717, 1.165) is 12.8 Å². The summed E-state index contributed by atoms with van der Waals surface area (Å²) in [6.07, 6.45) is 2.18. The van der Waals surface area contributed by atoms with Gasteiger partial charge in [0.2, 0.25) is 5.91 Å². The average Bonchev–Trinajstić information content (AvgIpc) is 2.37. The maximum Gasteiger partial charge on any atom is 0.296 e. The number of rotatable bonds is 6. The fraction of sp³-hybridized carbons (Fsp3) is 0.417. The molecule has 1 aromatic carbocycles. The quantitative estimate of drug-likeness (QED) is 0.412. The third kappa shape index (κ3) is 3.92. The Hall–Kier alpha value is -2.15. The topological polar surface area (TPSA) is 118 Å². The Morgan fingerprint density at radius 1 is 1.58 bits per heavy atom. The van der Waals surface area contributed by atoms with Gasteiger partial charge >= 0.3 is 0 Å². The first-order chi connectivity index (χ1) is 8.97. The van der Waals surface area contributed by atoms with Gasteiger partial charge < -0.3 is 16.2 Å². The van der Waals surface area contributed by atoms with Crippen molar-refractivity contribution in [2.24, 2.45) is 5.73 Å². The van der Waals surface area contributed by atoms with Crippen molar-refractivity contribution in [2.75, 3.05) is 5.32 Å². The Kier molecular flexibility index (Phi) is 5.25. The van der Waals surface area contributed by atoms with E-state index in [2.05, 4.69) is 5.32 Å². The fourth-order valence-corrected chi connectivity index (χ4v) is 1.58. The van der Waals surface area contributed by atoms with E-state index in [4.69, 9.17) is 5.73 Å². The molecule has 0 aliphatic carbocycles. The van der Waals surface area contributed by atoms with Crippen LogP contribution >= 0.6 is 0 Å². The lowest BCUT2D eigenvalue weighted by Gasteiger charge is -2.12. The Morgan fingerprint density at radius 3 is 2.84 bits per heavy atom. The summed E-state index contributed by atoms with van der Waals surface area (Å²) in [5.41, 5.74) is 5.08.